The van der Waals surface area contributed by atoms with Gasteiger partial charge in [-0.15, -0.1) is 0 Å². The average molecular weight is 236 g/mol. The number of nitrogens with two attached hydrogens (primary N) is 1. The highest BCUT2D eigenvalue weighted by Gasteiger charge is 2.33. The van der Waals surface area contributed by atoms with E-state index in [1.807, 2.05) is 34.6 Å². The van der Waals surface area contributed by atoms with Crippen molar-refractivity contribution in [2.24, 2.45) is 11.7 Å². The number of nitrogens with zero attached hydrogens (tertiary/aromatic N) is 1. The summed E-state index contributed by atoms with van der Waals surface area (Å²) < 4.78 is 25.6. The minimum Gasteiger partial charge on any atom is -0.329 e. The molecule has 0 aliphatic carbocycles. The first-order chi connectivity index (χ1) is 6.67. The third-order valence-electron chi connectivity index (χ3n) is 2.34. The Hall–Kier alpha value is -0.130. The lowest BCUT2D eigenvalue weighted by Gasteiger charge is -2.36. The molecule has 15 heavy (non-hydrogen) atoms. The Balaban J connectivity index is 4.98. The van der Waals surface area contributed by atoms with Gasteiger partial charge in [0, 0.05) is 18.6 Å². The molecule has 0 atom stereocenters. The molecule has 0 fully saturated rings. The number of rotatable bonds is 6. The number of sulfonamides is 1. The molecule has 5 heteroatoms. The Kier molecular flexibility index (Phi) is 5.23. The summed E-state index contributed by atoms with van der Waals surface area (Å²) in [5.74, 6) is 0.321. The predicted molar refractivity (Wildman–Crippen MR) is 64.1 cm³/mol. The molecule has 0 radical (unpaired) electrons. The summed E-state index contributed by atoms with van der Waals surface area (Å²) in [4.78, 5) is 0. The third-order valence-corrected chi connectivity index (χ3v) is 4.85. The summed E-state index contributed by atoms with van der Waals surface area (Å²) in [5.41, 5.74) is 5.11. The second kappa shape index (κ2) is 5.27. The molecule has 0 unspecified atom stereocenters. The van der Waals surface area contributed by atoms with Crippen LogP contribution in [-0.4, -0.2) is 37.1 Å². The van der Waals surface area contributed by atoms with E-state index in [2.05, 4.69) is 0 Å². The fourth-order valence-electron chi connectivity index (χ4n) is 1.61. The van der Waals surface area contributed by atoms with Crippen LogP contribution in [0, 0.1) is 5.92 Å². The number of likely N-dealkylation sites (N-methyl/N-ethyl adjacent to an activating group) is 1. The Morgan fingerprint density at radius 3 is 2.07 bits per heavy atom. The molecule has 0 aromatic rings. The van der Waals surface area contributed by atoms with E-state index in [0.717, 1.165) is 0 Å². The molecule has 0 aromatic heterocycles. The molecule has 0 saturated carbocycles. The second-order valence-electron chi connectivity index (χ2n) is 4.85. The van der Waals surface area contributed by atoms with Gasteiger partial charge in [0.2, 0.25) is 10.0 Å². The van der Waals surface area contributed by atoms with E-state index in [0.29, 0.717) is 13.1 Å². The first kappa shape index (κ1) is 14.9. The van der Waals surface area contributed by atoms with Crippen LogP contribution >= 0.6 is 0 Å². The minimum absolute atomic E-state index is 0.137. The van der Waals surface area contributed by atoms with Crippen molar-refractivity contribution in [1.82, 2.24) is 4.31 Å². The molecule has 0 saturated heterocycles. The van der Waals surface area contributed by atoms with Crippen LogP contribution in [0.4, 0.5) is 0 Å². The van der Waals surface area contributed by atoms with Crippen LogP contribution in [0.25, 0.3) is 0 Å². The summed E-state index contributed by atoms with van der Waals surface area (Å²) in [7, 11) is -3.19. The molecular formula is C10H24N2O2S. The molecule has 0 spiro atoms. The number of hydrogen-bond donors (Lipinski definition) is 1. The predicted octanol–water partition coefficient (Wildman–Crippen LogP) is 1.03. The summed E-state index contributed by atoms with van der Waals surface area (Å²) in [5, 5.41) is 0. The summed E-state index contributed by atoms with van der Waals surface area (Å²) in [6.45, 7) is 10.2. The molecule has 92 valence electrons. The van der Waals surface area contributed by atoms with Crippen LogP contribution < -0.4 is 5.73 Å². The molecule has 4 nitrogen and oxygen atoms in total. The largest absolute Gasteiger partial charge is 0.329 e. The van der Waals surface area contributed by atoms with Gasteiger partial charge in [-0.25, -0.2) is 8.42 Å². The van der Waals surface area contributed by atoms with Gasteiger partial charge in [-0.05, 0) is 19.8 Å². The topological polar surface area (TPSA) is 63.4 Å². The monoisotopic (exact) mass is 236 g/mol. The average Bonchev–Trinajstić information content (AvgIpc) is 2.01. The zero-order chi connectivity index (χ0) is 12.3. The van der Waals surface area contributed by atoms with Crippen molar-refractivity contribution in [2.75, 3.05) is 18.8 Å². The fourth-order valence-corrected chi connectivity index (χ4v) is 3.86. The van der Waals surface area contributed by atoms with Crippen LogP contribution in [0.5, 0.6) is 0 Å². The van der Waals surface area contributed by atoms with Gasteiger partial charge in [0.05, 0.1) is 5.75 Å². The number of hydrogen-bond acceptors (Lipinski definition) is 3. The molecule has 0 heterocycles. The van der Waals surface area contributed by atoms with Crippen molar-refractivity contribution in [3.05, 3.63) is 0 Å². The summed E-state index contributed by atoms with van der Waals surface area (Å²) >= 11 is 0. The molecule has 0 bridgehead atoms. The van der Waals surface area contributed by atoms with Gasteiger partial charge in [0.1, 0.15) is 0 Å². The van der Waals surface area contributed by atoms with E-state index >= 15 is 0 Å². The molecular weight excluding hydrogens is 212 g/mol. The Bertz CT molecular complexity index is 284. The first-order valence-corrected chi connectivity index (χ1v) is 6.99. The minimum atomic E-state index is -3.19. The van der Waals surface area contributed by atoms with Crippen molar-refractivity contribution in [3.63, 3.8) is 0 Å². The lowest BCUT2D eigenvalue weighted by molar-refractivity contribution is 0.243. The van der Waals surface area contributed by atoms with E-state index in [9.17, 15) is 8.42 Å². The van der Waals surface area contributed by atoms with Crippen molar-refractivity contribution in [2.45, 2.75) is 40.2 Å². The van der Waals surface area contributed by atoms with E-state index in [4.69, 9.17) is 5.73 Å². The van der Waals surface area contributed by atoms with Crippen LogP contribution in [0.3, 0.4) is 0 Å². The Labute approximate surface area is 93.9 Å². The smallest absolute Gasteiger partial charge is 0.214 e. The first-order valence-electron chi connectivity index (χ1n) is 5.38. The molecule has 2 N–H and O–H groups in total. The van der Waals surface area contributed by atoms with Crippen LogP contribution in [-0.2, 0) is 10.0 Å². The zero-order valence-electron chi connectivity index (χ0n) is 10.4. The third kappa shape index (κ3) is 4.09. The molecule has 0 aromatic carbocycles. The summed E-state index contributed by atoms with van der Waals surface area (Å²) in [6, 6.07) is 0. The van der Waals surface area contributed by atoms with Gasteiger partial charge in [-0.3, -0.25) is 0 Å². The van der Waals surface area contributed by atoms with E-state index in [1.165, 1.54) is 4.31 Å². The fraction of sp³-hybridized carbons (Fsp3) is 1.00. The summed E-state index contributed by atoms with van der Waals surface area (Å²) in [6.07, 6.45) is 0. The molecule has 0 amide bonds. The Morgan fingerprint density at radius 2 is 1.80 bits per heavy atom. The van der Waals surface area contributed by atoms with Crippen molar-refractivity contribution in [3.8, 4) is 0 Å². The highest BCUT2D eigenvalue weighted by atomic mass is 32.2. The highest BCUT2D eigenvalue weighted by Crippen LogP contribution is 2.19. The SMILES string of the molecule is CCN(C(C)(C)CN)S(=O)(=O)CC(C)C. The maximum atomic E-state index is 12.0. The van der Waals surface area contributed by atoms with Gasteiger partial charge in [0.15, 0.2) is 0 Å². The normalized spacial score (nSPS) is 13.9. The Morgan fingerprint density at radius 1 is 1.33 bits per heavy atom. The van der Waals surface area contributed by atoms with E-state index < -0.39 is 15.6 Å². The van der Waals surface area contributed by atoms with Gasteiger partial charge in [0.25, 0.3) is 0 Å². The second-order valence-corrected chi connectivity index (χ2v) is 6.79. The lowest BCUT2D eigenvalue weighted by Crippen LogP contribution is -2.53. The van der Waals surface area contributed by atoms with Gasteiger partial charge in [-0.1, -0.05) is 20.8 Å². The standard InChI is InChI=1S/C10H24N2O2S/c1-6-12(10(4,5)8-11)15(13,14)7-9(2)3/h9H,6-8,11H2,1-5H3. The quantitative estimate of drug-likeness (QED) is 0.749. The van der Waals surface area contributed by atoms with Crippen LogP contribution in [0.15, 0.2) is 0 Å². The molecule has 0 aliphatic rings. The van der Waals surface area contributed by atoms with E-state index in [-0.39, 0.29) is 11.7 Å². The van der Waals surface area contributed by atoms with Gasteiger partial charge < -0.3 is 5.73 Å². The van der Waals surface area contributed by atoms with E-state index in [1.54, 1.807) is 0 Å². The molecule has 0 aliphatic heterocycles. The highest BCUT2D eigenvalue weighted by molar-refractivity contribution is 7.89. The maximum absolute atomic E-state index is 12.0. The van der Waals surface area contributed by atoms with Crippen molar-refractivity contribution in [1.29, 1.82) is 0 Å². The van der Waals surface area contributed by atoms with Gasteiger partial charge in [-0.2, -0.15) is 4.31 Å². The van der Waals surface area contributed by atoms with Gasteiger partial charge >= 0.3 is 0 Å². The zero-order valence-corrected chi connectivity index (χ0v) is 11.3. The molecule has 0 rings (SSSR count). The van der Waals surface area contributed by atoms with Crippen LogP contribution in [0.1, 0.15) is 34.6 Å². The van der Waals surface area contributed by atoms with Crippen molar-refractivity contribution >= 4 is 10.0 Å². The lowest BCUT2D eigenvalue weighted by atomic mass is 10.1. The van der Waals surface area contributed by atoms with Crippen molar-refractivity contribution < 1.29 is 8.42 Å². The van der Waals surface area contributed by atoms with Crippen LogP contribution in [0.2, 0.25) is 0 Å². The maximum Gasteiger partial charge on any atom is 0.214 e.